The Morgan fingerprint density at radius 1 is 1.07 bits per heavy atom. The normalized spacial score (nSPS) is 21.2. The monoisotopic (exact) mass is 598 g/mol. The quantitative estimate of drug-likeness (QED) is 0.377. The van der Waals surface area contributed by atoms with Crippen LogP contribution in [0.3, 0.4) is 0 Å². The zero-order valence-corrected chi connectivity index (χ0v) is 24.8. The maximum Gasteiger partial charge on any atom is 0.255 e. The van der Waals surface area contributed by atoms with Gasteiger partial charge in [0, 0.05) is 11.4 Å². The molecule has 4 rings (SSSR count). The third kappa shape index (κ3) is 8.15. The van der Waals surface area contributed by atoms with Gasteiger partial charge in [0.15, 0.2) is 0 Å². The molecule has 11 heteroatoms. The molecule has 2 aromatic rings. The summed E-state index contributed by atoms with van der Waals surface area (Å²) in [6, 6.07) is 12.3. The fraction of sp³-hybridized carbons (Fsp3) is 0.484. The van der Waals surface area contributed by atoms with Crippen molar-refractivity contribution in [2.75, 3.05) is 19.8 Å². The fourth-order valence-electron chi connectivity index (χ4n) is 5.16. The molecule has 226 valence electrons. The van der Waals surface area contributed by atoms with Crippen LogP contribution in [0.1, 0.15) is 62.7 Å². The van der Waals surface area contributed by atoms with E-state index in [2.05, 4.69) is 21.3 Å². The molecular weight excluding hydrogens is 560 g/mol. The lowest BCUT2D eigenvalue weighted by Crippen LogP contribution is -2.60. The molecule has 0 unspecified atom stereocenters. The number of hydrogen-bond acceptors (Lipinski definition) is 6. The second-order valence-electron chi connectivity index (χ2n) is 11.1. The van der Waals surface area contributed by atoms with Crippen LogP contribution in [0.2, 0.25) is 5.02 Å². The summed E-state index contributed by atoms with van der Waals surface area (Å²) in [5.74, 6) is -0.557. The van der Waals surface area contributed by atoms with E-state index in [1.165, 1.54) is 0 Å². The van der Waals surface area contributed by atoms with Crippen molar-refractivity contribution in [1.29, 1.82) is 0 Å². The summed E-state index contributed by atoms with van der Waals surface area (Å²) in [5, 5.41) is 12.2. The molecule has 0 bridgehead atoms. The average molecular weight is 599 g/mol. The number of fused-ring (bicyclic) bond motifs is 1. The van der Waals surface area contributed by atoms with Crippen LogP contribution in [0.5, 0.6) is 11.5 Å². The highest BCUT2D eigenvalue weighted by Crippen LogP contribution is 2.31. The van der Waals surface area contributed by atoms with E-state index < -0.39 is 23.4 Å². The van der Waals surface area contributed by atoms with Gasteiger partial charge in [0.25, 0.3) is 5.91 Å². The number of amides is 4. The molecule has 2 aromatic carbocycles. The number of carbonyl (C=O) groups excluding carboxylic acids is 4. The number of hydrogen-bond donors (Lipinski definition) is 4. The van der Waals surface area contributed by atoms with Crippen molar-refractivity contribution >= 4 is 35.2 Å². The van der Waals surface area contributed by atoms with E-state index in [9.17, 15) is 19.2 Å². The number of para-hydroxylation sites is 1. The lowest BCUT2D eigenvalue weighted by atomic mass is 9.94. The number of rotatable bonds is 6. The van der Waals surface area contributed by atoms with E-state index in [-0.39, 0.29) is 61.9 Å². The lowest BCUT2D eigenvalue weighted by Gasteiger charge is -2.32. The van der Waals surface area contributed by atoms with Crippen molar-refractivity contribution in [2.24, 2.45) is 5.92 Å². The van der Waals surface area contributed by atoms with Crippen LogP contribution in [0.25, 0.3) is 0 Å². The fourth-order valence-corrected chi connectivity index (χ4v) is 5.29. The smallest absolute Gasteiger partial charge is 0.255 e. The topological polar surface area (TPSA) is 135 Å². The van der Waals surface area contributed by atoms with Crippen molar-refractivity contribution in [2.45, 2.75) is 70.0 Å². The third-order valence-electron chi connectivity index (χ3n) is 7.71. The number of carbonyl (C=O) groups is 4. The summed E-state index contributed by atoms with van der Waals surface area (Å²) in [7, 11) is 0. The predicted molar refractivity (Wildman–Crippen MR) is 158 cm³/mol. The molecule has 1 saturated carbocycles. The molecule has 0 radical (unpaired) electrons. The van der Waals surface area contributed by atoms with Crippen molar-refractivity contribution in [3.63, 3.8) is 0 Å². The summed E-state index contributed by atoms with van der Waals surface area (Å²) >= 11 is 5.90. The van der Waals surface area contributed by atoms with Gasteiger partial charge >= 0.3 is 0 Å². The van der Waals surface area contributed by atoms with Crippen molar-refractivity contribution in [1.82, 2.24) is 21.3 Å². The number of ether oxygens (including phenoxy) is 2. The van der Waals surface area contributed by atoms with Crippen molar-refractivity contribution < 1.29 is 28.7 Å². The minimum atomic E-state index is -1.01. The Labute approximate surface area is 251 Å². The predicted octanol–water partition coefficient (Wildman–Crippen LogP) is 3.38. The summed E-state index contributed by atoms with van der Waals surface area (Å²) in [6.07, 6.45) is 2.70. The van der Waals surface area contributed by atoms with E-state index in [4.69, 9.17) is 21.1 Å². The molecule has 1 heterocycles. The number of benzene rings is 2. The molecule has 2 aliphatic rings. The molecule has 1 spiro atoms. The highest BCUT2D eigenvalue weighted by Gasteiger charge is 2.43. The first kappa shape index (κ1) is 31.2. The van der Waals surface area contributed by atoms with Gasteiger partial charge in [0.1, 0.15) is 36.3 Å². The molecule has 0 saturated heterocycles. The van der Waals surface area contributed by atoms with Gasteiger partial charge in [-0.3, -0.25) is 19.2 Å². The van der Waals surface area contributed by atoms with Gasteiger partial charge in [-0.25, -0.2) is 0 Å². The third-order valence-corrected chi connectivity index (χ3v) is 7.96. The van der Waals surface area contributed by atoms with Crippen LogP contribution in [-0.4, -0.2) is 61.0 Å². The van der Waals surface area contributed by atoms with Crippen LogP contribution in [0, 0.1) is 5.92 Å². The largest absolute Gasteiger partial charge is 0.492 e. The van der Waals surface area contributed by atoms with E-state index in [1.807, 2.05) is 13.8 Å². The number of halogens is 1. The van der Waals surface area contributed by atoms with Gasteiger partial charge in [0.05, 0.1) is 18.2 Å². The molecular formula is C31H39ClN4O6. The van der Waals surface area contributed by atoms with Gasteiger partial charge < -0.3 is 30.7 Å². The molecule has 4 N–H and O–H groups in total. The second kappa shape index (κ2) is 14.4. The first-order chi connectivity index (χ1) is 20.2. The standard InChI is InChI=1S/C31H39ClN4O6/c1-20(2)25-19-42-26-8-4-3-7-23(26)28(38)34-24(29(39)33-17-18-41-22-11-9-21(32)10-12-22)13-14-27(37)36-31(30(40)35-25)15-5-6-16-31/h3-4,7-12,20,24-25H,5-6,13-19H2,1-2H3,(H,33,39)(H,34,38)(H,35,40)(H,36,37)/t24-,25-/m0/s1. The SMILES string of the molecule is CC(C)[C@@H]1COc2ccccc2C(=O)N[C@H](C(=O)NCCOc2ccc(Cl)cc2)CCC(=O)NC2(CCCC2)C(=O)N1. The zero-order valence-electron chi connectivity index (χ0n) is 24.0. The minimum Gasteiger partial charge on any atom is -0.492 e. The first-order valence-corrected chi connectivity index (χ1v) is 14.9. The molecule has 10 nitrogen and oxygen atoms in total. The first-order valence-electron chi connectivity index (χ1n) is 14.5. The maximum absolute atomic E-state index is 13.5. The second-order valence-corrected chi connectivity index (χ2v) is 11.6. The molecule has 42 heavy (non-hydrogen) atoms. The molecule has 4 amide bonds. The Bertz CT molecular complexity index is 1260. The molecule has 1 aliphatic carbocycles. The molecule has 0 aromatic heterocycles. The summed E-state index contributed by atoms with van der Waals surface area (Å²) in [6.45, 7) is 4.46. The van der Waals surface area contributed by atoms with E-state index in [1.54, 1.807) is 48.5 Å². The highest BCUT2D eigenvalue weighted by atomic mass is 35.5. The van der Waals surface area contributed by atoms with E-state index in [0.717, 1.165) is 12.8 Å². The summed E-state index contributed by atoms with van der Waals surface area (Å²) in [4.78, 5) is 53.3. The zero-order chi connectivity index (χ0) is 30.1. The van der Waals surface area contributed by atoms with Gasteiger partial charge in [-0.2, -0.15) is 0 Å². The Morgan fingerprint density at radius 2 is 1.79 bits per heavy atom. The summed E-state index contributed by atoms with van der Waals surface area (Å²) < 4.78 is 11.7. The van der Waals surface area contributed by atoms with Crippen LogP contribution in [0.15, 0.2) is 48.5 Å². The minimum absolute atomic E-state index is 0.0384. The highest BCUT2D eigenvalue weighted by molar-refractivity contribution is 6.30. The van der Waals surface area contributed by atoms with Gasteiger partial charge in [-0.15, -0.1) is 0 Å². The Balaban J connectivity index is 1.51. The molecule has 2 atom stereocenters. The Morgan fingerprint density at radius 3 is 2.50 bits per heavy atom. The maximum atomic E-state index is 13.5. The Hall–Kier alpha value is -3.79. The molecule has 1 fully saturated rings. The average Bonchev–Trinajstić information content (AvgIpc) is 3.45. The molecule has 1 aliphatic heterocycles. The summed E-state index contributed by atoms with van der Waals surface area (Å²) in [5.41, 5.74) is -0.760. The van der Waals surface area contributed by atoms with E-state index in [0.29, 0.717) is 29.4 Å². The van der Waals surface area contributed by atoms with Gasteiger partial charge in [-0.05, 0) is 61.6 Å². The van der Waals surface area contributed by atoms with Gasteiger partial charge in [0.2, 0.25) is 17.7 Å². The van der Waals surface area contributed by atoms with Crippen molar-refractivity contribution in [3.05, 3.63) is 59.1 Å². The van der Waals surface area contributed by atoms with Crippen LogP contribution in [0.4, 0.5) is 0 Å². The lowest BCUT2D eigenvalue weighted by molar-refractivity contribution is -0.134. The van der Waals surface area contributed by atoms with Crippen LogP contribution in [-0.2, 0) is 14.4 Å². The van der Waals surface area contributed by atoms with Crippen molar-refractivity contribution in [3.8, 4) is 11.5 Å². The van der Waals surface area contributed by atoms with Crippen LogP contribution < -0.4 is 30.7 Å². The van der Waals surface area contributed by atoms with Crippen LogP contribution >= 0.6 is 11.6 Å². The number of nitrogens with one attached hydrogen (secondary N) is 4. The van der Waals surface area contributed by atoms with E-state index >= 15 is 0 Å². The van der Waals surface area contributed by atoms with Gasteiger partial charge in [-0.1, -0.05) is 50.4 Å². The Kier molecular flexibility index (Phi) is 10.7.